The van der Waals surface area contributed by atoms with E-state index in [1.165, 1.54) is 51.2 Å². The Kier molecular flexibility index (Phi) is 12.8. The number of hydrogen-bond acceptors (Lipinski definition) is 9. The first-order valence-electron chi connectivity index (χ1n) is 13.1. The number of methoxy groups -OCH3 is 2. The molecule has 2 aliphatic heterocycles. The van der Waals surface area contributed by atoms with Crippen molar-refractivity contribution in [2.75, 3.05) is 66.0 Å². The monoisotopic (exact) mass is 544 g/mol. The third kappa shape index (κ3) is 10.6. The van der Waals surface area contributed by atoms with Gasteiger partial charge >= 0.3 is 5.97 Å². The molecule has 0 unspecified atom stereocenters. The summed E-state index contributed by atoms with van der Waals surface area (Å²) in [7, 11) is 7.23. The Bertz CT molecular complexity index is 1060. The van der Waals surface area contributed by atoms with Gasteiger partial charge in [-0.3, -0.25) is 4.79 Å². The van der Waals surface area contributed by atoms with Crippen LogP contribution in [0.1, 0.15) is 46.4 Å². The summed E-state index contributed by atoms with van der Waals surface area (Å²) >= 11 is 0. The molecule has 0 bridgehead atoms. The van der Waals surface area contributed by atoms with E-state index in [0.717, 1.165) is 25.9 Å². The van der Waals surface area contributed by atoms with Gasteiger partial charge in [-0.1, -0.05) is 0 Å². The van der Waals surface area contributed by atoms with E-state index in [-0.39, 0.29) is 17.5 Å². The molecule has 8 N–H and O–H groups in total. The zero-order chi connectivity index (χ0) is 28.9. The van der Waals surface area contributed by atoms with Crippen LogP contribution in [0.25, 0.3) is 0 Å². The van der Waals surface area contributed by atoms with Crippen molar-refractivity contribution >= 4 is 23.3 Å². The van der Waals surface area contributed by atoms with E-state index in [9.17, 15) is 9.59 Å². The summed E-state index contributed by atoms with van der Waals surface area (Å²) in [5.74, 6) is -0.132. The minimum Gasteiger partial charge on any atom is -0.495 e. The lowest BCUT2D eigenvalue weighted by Crippen LogP contribution is -2.43. The molecule has 2 aromatic rings. The highest BCUT2D eigenvalue weighted by Crippen LogP contribution is 2.23. The lowest BCUT2D eigenvalue weighted by Gasteiger charge is -2.29. The SMILES string of the molecule is CN1CCC(N)CC1.COc1cc(C(=O)NC2CCN(C)CC2)ccc1N.COc1cc(C(=O)O)ccc1N. The number of ether oxygens (including phenoxy) is 2. The molecule has 0 spiro atoms. The number of hydrogen-bond donors (Lipinski definition) is 5. The number of nitrogens with one attached hydrogen (secondary N) is 1. The average molecular weight is 545 g/mol. The number of benzene rings is 2. The van der Waals surface area contributed by atoms with E-state index in [1.807, 2.05) is 0 Å². The van der Waals surface area contributed by atoms with Crippen molar-refractivity contribution in [3.63, 3.8) is 0 Å². The third-order valence-corrected chi connectivity index (χ3v) is 6.79. The van der Waals surface area contributed by atoms with E-state index in [0.29, 0.717) is 34.5 Å². The van der Waals surface area contributed by atoms with Crippen molar-refractivity contribution in [1.82, 2.24) is 15.1 Å². The van der Waals surface area contributed by atoms with Crippen molar-refractivity contribution in [3.8, 4) is 11.5 Å². The number of rotatable bonds is 5. The van der Waals surface area contributed by atoms with Gasteiger partial charge in [0.2, 0.25) is 0 Å². The standard InChI is InChI=1S/C14H21N3O2.C8H9NO3.C6H14N2/c1-17-7-5-11(6-8-17)16-14(18)10-3-4-12(15)13(9-10)19-2;1-12-7-4-5(8(10)11)2-3-6(7)9;1-8-4-2-6(7)3-5-8/h3-4,9,11H,5-8,15H2,1-2H3,(H,16,18);2-4H,9H2,1H3,(H,10,11);6H,2-5,7H2,1H3. The molecule has 39 heavy (non-hydrogen) atoms. The highest BCUT2D eigenvalue weighted by Gasteiger charge is 2.19. The molecule has 2 fully saturated rings. The molecule has 4 rings (SSSR count). The van der Waals surface area contributed by atoms with Crippen molar-refractivity contribution < 1.29 is 24.2 Å². The van der Waals surface area contributed by atoms with Crippen LogP contribution >= 0.6 is 0 Å². The highest BCUT2D eigenvalue weighted by molar-refractivity contribution is 5.95. The molecule has 0 aliphatic carbocycles. The van der Waals surface area contributed by atoms with Gasteiger partial charge in [0.1, 0.15) is 11.5 Å². The maximum atomic E-state index is 12.2. The number of nitrogen functional groups attached to an aromatic ring is 2. The Labute approximate surface area is 231 Å². The van der Waals surface area contributed by atoms with Crippen molar-refractivity contribution in [1.29, 1.82) is 0 Å². The molecule has 2 heterocycles. The van der Waals surface area contributed by atoms with Crippen molar-refractivity contribution in [3.05, 3.63) is 47.5 Å². The second-order valence-corrected chi connectivity index (χ2v) is 9.91. The topological polar surface area (TPSA) is 169 Å². The second kappa shape index (κ2) is 15.8. The maximum absolute atomic E-state index is 12.2. The number of piperidine rings is 2. The first-order chi connectivity index (χ1) is 18.5. The Morgan fingerprint density at radius 3 is 1.69 bits per heavy atom. The number of nitrogens with zero attached hydrogens (tertiary/aromatic N) is 2. The molecule has 0 radical (unpaired) electrons. The summed E-state index contributed by atoms with van der Waals surface area (Å²) in [5, 5.41) is 11.7. The minimum absolute atomic E-state index is 0.0622. The van der Waals surface area contributed by atoms with Crippen molar-refractivity contribution in [2.45, 2.75) is 37.8 Å². The molecule has 11 nitrogen and oxygen atoms in total. The number of carboxylic acid groups (broad SMARTS) is 1. The number of carbonyl (C=O) groups is 2. The summed E-state index contributed by atoms with van der Waals surface area (Å²) in [6.07, 6.45) is 4.34. The van der Waals surface area contributed by atoms with E-state index < -0.39 is 5.97 Å². The van der Waals surface area contributed by atoms with Crippen LogP contribution in [0.5, 0.6) is 11.5 Å². The summed E-state index contributed by atoms with van der Waals surface area (Å²) in [6, 6.07) is 10.2. The predicted octanol–water partition coefficient (Wildman–Crippen LogP) is 2.12. The van der Waals surface area contributed by atoms with E-state index >= 15 is 0 Å². The fourth-order valence-electron chi connectivity index (χ4n) is 4.15. The van der Waals surface area contributed by atoms with Gasteiger partial charge in [0.15, 0.2) is 0 Å². The van der Waals surface area contributed by atoms with Crippen LogP contribution in [0.3, 0.4) is 0 Å². The van der Waals surface area contributed by atoms with Gasteiger partial charge in [-0.25, -0.2) is 4.79 Å². The summed E-state index contributed by atoms with van der Waals surface area (Å²) in [5.41, 5.74) is 18.6. The first kappa shape index (κ1) is 31.7. The van der Waals surface area contributed by atoms with Gasteiger partial charge in [-0.15, -0.1) is 0 Å². The molecule has 2 aromatic carbocycles. The minimum atomic E-state index is -0.992. The molecular formula is C28H44N6O5. The van der Waals surface area contributed by atoms with Crippen LogP contribution < -0.4 is 32.0 Å². The third-order valence-electron chi connectivity index (χ3n) is 6.79. The number of carbonyl (C=O) groups excluding carboxylic acids is 1. The zero-order valence-corrected chi connectivity index (χ0v) is 23.5. The molecule has 0 atom stereocenters. The van der Waals surface area contributed by atoms with E-state index in [2.05, 4.69) is 29.2 Å². The summed E-state index contributed by atoms with van der Waals surface area (Å²) in [4.78, 5) is 27.2. The zero-order valence-electron chi connectivity index (χ0n) is 23.5. The predicted molar refractivity (Wildman–Crippen MR) is 154 cm³/mol. The maximum Gasteiger partial charge on any atom is 0.335 e. The average Bonchev–Trinajstić information content (AvgIpc) is 2.92. The molecule has 0 saturated carbocycles. The van der Waals surface area contributed by atoms with Gasteiger partial charge in [-0.05, 0) is 102 Å². The molecule has 2 aliphatic rings. The molecule has 216 valence electrons. The lowest BCUT2D eigenvalue weighted by atomic mass is 10.0. The van der Waals surface area contributed by atoms with E-state index in [4.69, 9.17) is 31.8 Å². The quantitative estimate of drug-likeness (QED) is 0.351. The van der Waals surface area contributed by atoms with Gasteiger partial charge in [0.05, 0.1) is 31.2 Å². The van der Waals surface area contributed by atoms with Crippen LogP contribution in [-0.4, -0.2) is 93.4 Å². The summed E-state index contributed by atoms with van der Waals surface area (Å²) < 4.78 is 9.98. The Balaban J connectivity index is 0.000000227. The lowest BCUT2D eigenvalue weighted by molar-refractivity contribution is 0.0696. The molecule has 11 heteroatoms. The number of nitrogens with two attached hydrogens (primary N) is 3. The van der Waals surface area contributed by atoms with E-state index in [1.54, 1.807) is 25.3 Å². The Morgan fingerprint density at radius 2 is 1.26 bits per heavy atom. The van der Waals surface area contributed by atoms with Crippen LogP contribution in [0.2, 0.25) is 0 Å². The normalized spacial score (nSPS) is 16.6. The highest BCUT2D eigenvalue weighted by atomic mass is 16.5. The first-order valence-corrected chi connectivity index (χ1v) is 13.1. The number of anilines is 2. The molecular weight excluding hydrogens is 500 g/mol. The Morgan fingerprint density at radius 1 is 0.821 bits per heavy atom. The van der Waals surface area contributed by atoms with Gasteiger partial charge in [0, 0.05) is 17.6 Å². The largest absolute Gasteiger partial charge is 0.495 e. The Hall–Kier alpha value is -3.54. The van der Waals surface area contributed by atoms with Crippen LogP contribution in [-0.2, 0) is 0 Å². The van der Waals surface area contributed by atoms with Crippen molar-refractivity contribution in [2.24, 2.45) is 5.73 Å². The van der Waals surface area contributed by atoms with Gasteiger partial charge in [-0.2, -0.15) is 0 Å². The fraction of sp³-hybridized carbons (Fsp3) is 0.500. The molecule has 1 amide bonds. The second-order valence-electron chi connectivity index (χ2n) is 9.91. The van der Waals surface area contributed by atoms with Gasteiger partial charge < -0.3 is 46.9 Å². The smallest absolute Gasteiger partial charge is 0.335 e. The van der Waals surface area contributed by atoms with Crippen LogP contribution in [0.15, 0.2) is 36.4 Å². The number of likely N-dealkylation sites (tertiary alicyclic amines) is 2. The van der Waals surface area contributed by atoms with Gasteiger partial charge in [0.25, 0.3) is 5.91 Å². The van der Waals surface area contributed by atoms with Crippen LogP contribution in [0.4, 0.5) is 11.4 Å². The molecule has 0 aromatic heterocycles. The fourth-order valence-corrected chi connectivity index (χ4v) is 4.15. The van der Waals surface area contributed by atoms with Crippen LogP contribution in [0, 0.1) is 0 Å². The number of aromatic carboxylic acids is 1. The molecule has 2 saturated heterocycles. The number of amides is 1. The number of carboxylic acids is 1. The summed E-state index contributed by atoms with van der Waals surface area (Å²) in [6.45, 7) is 4.41.